The number of carbonyl (C=O) groups is 3. The fourth-order valence-corrected chi connectivity index (χ4v) is 6.47. The highest BCUT2D eigenvalue weighted by Crippen LogP contribution is 2.46. The molecule has 1 N–H and O–H groups in total. The molecule has 2 aromatic carbocycles. The van der Waals surface area contributed by atoms with Crippen LogP contribution in [0.5, 0.6) is 0 Å². The number of anilines is 2. The number of hydrogen-bond donors (Lipinski definition) is 1. The Bertz CT molecular complexity index is 1240. The first-order valence-electron chi connectivity index (χ1n) is 11.4. The van der Waals surface area contributed by atoms with Crippen LogP contribution in [0.15, 0.2) is 47.4 Å². The van der Waals surface area contributed by atoms with Gasteiger partial charge in [-0.05, 0) is 43.9 Å². The molecule has 0 aromatic heterocycles. The summed E-state index contributed by atoms with van der Waals surface area (Å²) in [6.45, 7) is 3.72. The third kappa shape index (κ3) is 3.84. The number of benzene rings is 2. The van der Waals surface area contributed by atoms with Crippen LogP contribution in [0.25, 0.3) is 5.57 Å². The zero-order valence-corrected chi connectivity index (χ0v) is 20.7. The van der Waals surface area contributed by atoms with Crippen LogP contribution in [0, 0.1) is 13.8 Å². The standard InChI is InChI=1S/C26H25N3O3S2/c1-15-8-7-9-16(2)22(15)27-20(30)14-28-19-13-6-5-12-18(19)21(24(28)31)23-25(32)29(26(33)34-23)17-10-3-4-11-17/h5-9,12-13,17H,3-4,10-11,14H2,1-2H3,(H,27,30)/b23-21-. The molecule has 2 aromatic rings. The first-order chi connectivity index (χ1) is 16.4. The van der Waals surface area contributed by atoms with Crippen LogP contribution in [0.2, 0.25) is 0 Å². The largest absolute Gasteiger partial charge is 0.324 e. The quantitative estimate of drug-likeness (QED) is 0.491. The number of hydrogen-bond acceptors (Lipinski definition) is 5. The minimum atomic E-state index is -0.343. The molecule has 0 atom stereocenters. The number of nitrogens with one attached hydrogen (secondary N) is 1. The van der Waals surface area contributed by atoms with E-state index in [1.807, 2.05) is 56.3 Å². The molecule has 2 fully saturated rings. The van der Waals surface area contributed by atoms with Gasteiger partial charge in [-0.25, -0.2) is 0 Å². The van der Waals surface area contributed by atoms with E-state index in [1.165, 1.54) is 16.7 Å². The fourth-order valence-electron chi connectivity index (χ4n) is 5.00. The molecular weight excluding hydrogens is 466 g/mol. The lowest BCUT2D eigenvalue weighted by Crippen LogP contribution is -2.37. The lowest BCUT2D eigenvalue weighted by atomic mass is 10.1. The van der Waals surface area contributed by atoms with E-state index in [1.54, 1.807) is 4.90 Å². The molecule has 174 valence electrons. The molecular formula is C26H25N3O3S2. The highest BCUT2D eigenvalue weighted by molar-refractivity contribution is 8.26. The van der Waals surface area contributed by atoms with Crippen LogP contribution in [0.1, 0.15) is 42.4 Å². The number of rotatable bonds is 4. The summed E-state index contributed by atoms with van der Waals surface area (Å²) in [6, 6.07) is 13.2. The molecule has 6 nitrogen and oxygen atoms in total. The van der Waals surface area contributed by atoms with Crippen molar-refractivity contribution in [1.82, 2.24) is 4.90 Å². The summed E-state index contributed by atoms with van der Waals surface area (Å²) in [5.74, 6) is -0.827. The molecule has 2 heterocycles. The van der Waals surface area contributed by atoms with Gasteiger partial charge < -0.3 is 5.32 Å². The van der Waals surface area contributed by atoms with E-state index in [9.17, 15) is 14.4 Å². The number of para-hydroxylation sites is 2. The Balaban J connectivity index is 1.46. The molecule has 0 unspecified atom stereocenters. The highest BCUT2D eigenvalue weighted by atomic mass is 32.2. The topological polar surface area (TPSA) is 69.7 Å². The van der Waals surface area contributed by atoms with Gasteiger partial charge in [0, 0.05) is 17.3 Å². The number of fused-ring (bicyclic) bond motifs is 1. The number of thioether (sulfide) groups is 1. The van der Waals surface area contributed by atoms with Gasteiger partial charge in [0.05, 0.1) is 16.2 Å². The third-order valence-corrected chi connectivity index (χ3v) is 8.09. The highest BCUT2D eigenvalue weighted by Gasteiger charge is 2.44. The summed E-state index contributed by atoms with van der Waals surface area (Å²) in [4.78, 5) is 43.5. The van der Waals surface area contributed by atoms with Gasteiger partial charge in [-0.1, -0.05) is 73.2 Å². The van der Waals surface area contributed by atoms with Crippen LogP contribution in [-0.2, 0) is 14.4 Å². The van der Waals surface area contributed by atoms with Crippen molar-refractivity contribution in [3.8, 4) is 0 Å². The molecule has 8 heteroatoms. The van der Waals surface area contributed by atoms with Gasteiger partial charge in [0.15, 0.2) is 0 Å². The predicted octanol–water partition coefficient (Wildman–Crippen LogP) is 4.80. The second-order valence-electron chi connectivity index (χ2n) is 8.91. The minimum absolute atomic E-state index is 0.108. The van der Waals surface area contributed by atoms with E-state index in [-0.39, 0.29) is 30.3 Å². The van der Waals surface area contributed by atoms with Gasteiger partial charge in [-0.3, -0.25) is 24.2 Å². The predicted molar refractivity (Wildman–Crippen MR) is 140 cm³/mol. The van der Waals surface area contributed by atoms with Crippen molar-refractivity contribution in [1.29, 1.82) is 0 Å². The monoisotopic (exact) mass is 491 g/mol. The molecule has 1 saturated heterocycles. The molecule has 0 bridgehead atoms. The average Bonchev–Trinajstić information content (AvgIpc) is 3.49. The molecule has 5 rings (SSSR count). The molecule has 0 radical (unpaired) electrons. The molecule has 3 aliphatic rings. The van der Waals surface area contributed by atoms with Crippen LogP contribution < -0.4 is 10.2 Å². The lowest BCUT2D eigenvalue weighted by Gasteiger charge is -2.22. The summed E-state index contributed by atoms with van der Waals surface area (Å²) in [5, 5.41) is 2.95. The minimum Gasteiger partial charge on any atom is -0.324 e. The average molecular weight is 492 g/mol. The first kappa shape index (κ1) is 22.8. The zero-order valence-electron chi connectivity index (χ0n) is 19.1. The van der Waals surface area contributed by atoms with E-state index in [0.717, 1.165) is 42.5 Å². The summed E-state index contributed by atoms with van der Waals surface area (Å²) in [7, 11) is 0. The van der Waals surface area contributed by atoms with Crippen molar-refractivity contribution in [2.75, 3.05) is 16.8 Å². The molecule has 34 heavy (non-hydrogen) atoms. The van der Waals surface area contributed by atoms with E-state index >= 15 is 0 Å². The first-order valence-corrected chi connectivity index (χ1v) is 12.7. The summed E-state index contributed by atoms with van der Waals surface area (Å²) in [5.41, 5.74) is 4.30. The molecule has 1 saturated carbocycles. The van der Waals surface area contributed by atoms with Crippen molar-refractivity contribution in [3.05, 3.63) is 64.1 Å². The summed E-state index contributed by atoms with van der Waals surface area (Å²) in [6.07, 6.45) is 4.03. The third-order valence-electron chi connectivity index (χ3n) is 6.69. The summed E-state index contributed by atoms with van der Waals surface area (Å²) >= 11 is 6.75. The number of thiocarbonyl (C=S) groups is 1. The Morgan fingerprint density at radius 1 is 1.03 bits per heavy atom. The molecule has 3 amide bonds. The normalized spacial score (nSPS) is 20.5. The molecule has 2 aliphatic heterocycles. The van der Waals surface area contributed by atoms with Crippen LogP contribution in [0.4, 0.5) is 11.4 Å². The van der Waals surface area contributed by atoms with Gasteiger partial charge in [-0.15, -0.1) is 0 Å². The van der Waals surface area contributed by atoms with Gasteiger partial charge in [0.25, 0.3) is 11.8 Å². The Hall–Kier alpha value is -2.97. The van der Waals surface area contributed by atoms with Crippen molar-refractivity contribution in [2.24, 2.45) is 0 Å². The lowest BCUT2D eigenvalue weighted by molar-refractivity contribution is -0.123. The van der Waals surface area contributed by atoms with Gasteiger partial charge >= 0.3 is 0 Å². The van der Waals surface area contributed by atoms with Crippen molar-refractivity contribution < 1.29 is 14.4 Å². The molecule has 1 aliphatic carbocycles. The number of amides is 3. The summed E-state index contributed by atoms with van der Waals surface area (Å²) < 4.78 is 0.510. The Kier molecular flexibility index (Phi) is 6.04. The second-order valence-corrected chi connectivity index (χ2v) is 10.6. The van der Waals surface area contributed by atoms with Gasteiger partial charge in [-0.2, -0.15) is 0 Å². The SMILES string of the molecule is Cc1cccc(C)c1NC(=O)CN1C(=O)/C(=C2\SC(=S)N(C3CCCC3)C2=O)c2ccccc21. The fraction of sp³-hybridized carbons (Fsp3) is 0.308. The van der Waals surface area contributed by atoms with Crippen molar-refractivity contribution >= 4 is 63.0 Å². The van der Waals surface area contributed by atoms with Crippen LogP contribution in [-0.4, -0.2) is 39.5 Å². The Morgan fingerprint density at radius 3 is 2.41 bits per heavy atom. The molecule has 0 spiro atoms. The Labute approximate surface area is 208 Å². The van der Waals surface area contributed by atoms with Crippen LogP contribution in [0.3, 0.4) is 0 Å². The maximum atomic E-state index is 13.6. The zero-order chi connectivity index (χ0) is 24.0. The van der Waals surface area contributed by atoms with Gasteiger partial charge in [0.1, 0.15) is 10.9 Å². The van der Waals surface area contributed by atoms with Crippen molar-refractivity contribution in [3.63, 3.8) is 0 Å². The van der Waals surface area contributed by atoms with E-state index < -0.39 is 0 Å². The van der Waals surface area contributed by atoms with Gasteiger partial charge in [0.2, 0.25) is 5.91 Å². The van der Waals surface area contributed by atoms with E-state index in [2.05, 4.69) is 5.32 Å². The van der Waals surface area contributed by atoms with Crippen molar-refractivity contribution in [2.45, 2.75) is 45.6 Å². The Morgan fingerprint density at radius 2 is 1.71 bits per heavy atom. The number of aryl methyl sites for hydroxylation is 2. The second kappa shape index (κ2) is 9.00. The smallest absolute Gasteiger partial charge is 0.267 e. The maximum absolute atomic E-state index is 13.6. The van der Waals surface area contributed by atoms with Crippen LogP contribution >= 0.6 is 24.0 Å². The van der Waals surface area contributed by atoms with E-state index in [4.69, 9.17) is 12.2 Å². The number of nitrogens with zero attached hydrogens (tertiary/aromatic N) is 2. The number of carbonyl (C=O) groups excluding carboxylic acids is 3. The van der Waals surface area contributed by atoms with E-state index in [0.29, 0.717) is 26.0 Å². The maximum Gasteiger partial charge on any atom is 0.267 e.